The summed E-state index contributed by atoms with van der Waals surface area (Å²) in [7, 11) is 0. The number of nitrogens with one attached hydrogen (secondary N) is 1. The number of fused-ring (bicyclic) bond motifs is 1. The van der Waals surface area contributed by atoms with Crippen molar-refractivity contribution >= 4 is 5.97 Å². The predicted molar refractivity (Wildman–Crippen MR) is 57.7 cm³/mol. The van der Waals surface area contributed by atoms with Crippen molar-refractivity contribution in [3.05, 3.63) is 35.4 Å². The number of aryl methyl sites for hydroxylation is 1. The van der Waals surface area contributed by atoms with Gasteiger partial charge in [-0.3, -0.25) is 10.1 Å². The Morgan fingerprint density at radius 2 is 2.27 bits per heavy atom. The third-order valence-electron chi connectivity index (χ3n) is 2.95. The fourth-order valence-corrected chi connectivity index (χ4v) is 2.10. The molecule has 0 radical (unpaired) electrons. The molecule has 0 spiro atoms. The van der Waals surface area contributed by atoms with Gasteiger partial charge in [0.05, 0.1) is 0 Å². The zero-order chi connectivity index (χ0) is 10.8. The summed E-state index contributed by atoms with van der Waals surface area (Å²) in [5.74, 6) is -0.792. The molecule has 0 fully saturated rings. The van der Waals surface area contributed by atoms with Crippen LogP contribution >= 0.6 is 0 Å². The maximum Gasteiger partial charge on any atom is 0.320 e. The number of benzene rings is 1. The Kier molecular flexibility index (Phi) is 2.73. The number of carboxylic acids is 1. The lowest BCUT2D eigenvalue weighted by atomic mass is 10.1. The first-order chi connectivity index (χ1) is 7.18. The van der Waals surface area contributed by atoms with Crippen LogP contribution < -0.4 is 5.32 Å². The first kappa shape index (κ1) is 10.2. The van der Waals surface area contributed by atoms with Gasteiger partial charge >= 0.3 is 5.97 Å². The van der Waals surface area contributed by atoms with Gasteiger partial charge in [0, 0.05) is 6.04 Å². The molecule has 3 heteroatoms. The third kappa shape index (κ3) is 2.02. The topological polar surface area (TPSA) is 49.3 Å². The molecule has 1 aromatic rings. The van der Waals surface area contributed by atoms with Gasteiger partial charge < -0.3 is 5.11 Å². The SMILES string of the molecule is CC(NC1CCc2ccccc21)C(=O)O. The first-order valence-electron chi connectivity index (χ1n) is 5.25. The summed E-state index contributed by atoms with van der Waals surface area (Å²) in [6.45, 7) is 1.68. The van der Waals surface area contributed by atoms with Crippen molar-refractivity contribution < 1.29 is 9.90 Å². The van der Waals surface area contributed by atoms with Gasteiger partial charge in [0.25, 0.3) is 0 Å². The summed E-state index contributed by atoms with van der Waals surface area (Å²) in [4.78, 5) is 10.7. The fraction of sp³-hybridized carbons (Fsp3) is 0.417. The number of rotatable bonds is 3. The second-order valence-electron chi connectivity index (χ2n) is 4.02. The molecule has 3 nitrogen and oxygen atoms in total. The molecule has 2 unspecified atom stereocenters. The number of aliphatic carboxylic acids is 1. The highest BCUT2D eigenvalue weighted by Crippen LogP contribution is 2.30. The van der Waals surface area contributed by atoms with E-state index in [0.29, 0.717) is 0 Å². The maximum absolute atomic E-state index is 10.7. The van der Waals surface area contributed by atoms with Crippen molar-refractivity contribution in [2.24, 2.45) is 0 Å². The standard InChI is InChI=1S/C12H15NO2/c1-8(12(14)15)13-11-7-6-9-4-2-3-5-10(9)11/h2-5,8,11,13H,6-7H2,1H3,(H,14,15). The molecule has 0 saturated carbocycles. The van der Waals surface area contributed by atoms with Gasteiger partial charge in [-0.2, -0.15) is 0 Å². The number of hydrogen-bond donors (Lipinski definition) is 2. The summed E-state index contributed by atoms with van der Waals surface area (Å²) in [6.07, 6.45) is 2.04. The summed E-state index contributed by atoms with van der Waals surface area (Å²) in [5.41, 5.74) is 2.60. The Hall–Kier alpha value is -1.35. The molecule has 0 amide bonds. The highest BCUT2D eigenvalue weighted by molar-refractivity contribution is 5.72. The van der Waals surface area contributed by atoms with E-state index in [1.807, 2.05) is 12.1 Å². The van der Waals surface area contributed by atoms with E-state index in [4.69, 9.17) is 5.11 Å². The van der Waals surface area contributed by atoms with E-state index in [1.165, 1.54) is 11.1 Å². The molecule has 1 aromatic carbocycles. The smallest absolute Gasteiger partial charge is 0.320 e. The molecule has 15 heavy (non-hydrogen) atoms. The van der Waals surface area contributed by atoms with Crippen molar-refractivity contribution in [1.29, 1.82) is 0 Å². The van der Waals surface area contributed by atoms with E-state index in [1.54, 1.807) is 6.92 Å². The van der Waals surface area contributed by atoms with Crippen LogP contribution in [0.15, 0.2) is 24.3 Å². The average molecular weight is 205 g/mol. The third-order valence-corrected chi connectivity index (χ3v) is 2.95. The first-order valence-corrected chi connectivity index (χ1v) is 5.25. The zero-order valence-corrected chi connectivity index (χ0v) is 8.73. The molecule has 2 atom stereocenters. The van der Waals surface area contributed by atoms with Crippen LogP contribution in [0.2, 0.25) is 0 Å². The number of carboxylic acid groups (broad SMARTS) is 1. The van der Waals surface area contributed by atoms with Gasteiger partial charge in [0.2, 0.25) is 0 Å². The summed E-state index contributed by atoms with van der Waals surface area (Å²) in [5, 5.41) is 12.0. The highest BCUT2D eigenvalue weighted by Gasteiger charge is 2.24. The summed E-state index contributed by atoms with van der Waals surface area (Å²) in [6, 6.07) is 7.94. The minimum atomic E-state index is -0.792. The van der Waals surface area contributed by atoms with E-state index >= 15 is 0 Å². The predicted octanol–water partition coefficient (Wildman–Crippen LogP) is 1.74. The molecular formula is C12H15NO2. The molecule has 0 aliphatic heterocycles. The molecule has 0 saturated heterocycles. The maximum atomic E-state index is 10.7. The lowest BCUT2D eigenvalue weighted by molar-refractivity contribution is -0.139. The van der Waals surface area contributed by atoms with Gasteiger partial charge in [0.1, 0.15) is 6.04 Å². The largest absolute Gasteiger partial charge is 0.480 e. The Morgan fingerprint density at radius 1 is 1.53 bits per heavy atom. The molecule has 1 aliphatic rings. The van der Waals surface area contributed by atoms with Crippen molar-refractivity contribution in [2.45, 2.75) is 31.8 Å². The monoisotopic (exact) mass is 205 g/mol. The Morgan fingerprint density at radius 3 is 3.00 bits per heavy atom. The van der Waals surface area contributed by atoms with Crippen LogP contribution in [0, 0.1) is 0 Å². The van der Waals surface area contributed by atoms with E-state index < -0.39 is 12.0 Å². The second-order valence-corrected chi connectivity index (χ2v) is 4.02. The van der Waals surface area contributed by atoms with Gasteiger partial charge in [-0.25, -0.2) is 0 Å². The average Bonchev–Trinajstić information content (AvgIpc) is 2.62. The van der Waals surface area contributed by atoms with Crippen molar-refractivity contribution in [1.82, 2.24) is 5.32 Å². The Balaban J connectivity index is 2.11. The fourth-order valence-electron chi connectivity index (χ4n) is 2.10. The summed E-state index contributed by atoms with van der Waals surface area (Å²) >= 11 is 0. The van der Waals surface area contributed by atoms with Crippen molar-refractivity contribution in [3.63, 3.8) is 0 Å². The van der Waals surface area contributed by atoms with Crippen molar-refractivity contribution in [2.75, 3.05) is 0 Å². The molecular weight excluding hydrogens is 190 g/mol. The molecule has 80 valence electrons. The summed E-state index contributed by atoms with van der Waals surface area (Å²) < 4.78 is 0. The lowest BCUT2D eigenvalue weighted by Crippen LogP contribution is -2.35. The molecule has 2 N–H and O–H groups in total. The van der Waals surface area contributed by atoms with Crippen LogP contribution in [0.4, 0.5) is 0 Å². The van der Waals surface area contributed by atoms with E-state index in [2.05, 4.69) is 17.4 Å². The van der Waals surface area contributed by atoms with Crippen LogP contribution in [-0.4, -0.2) is 17.1 Å². The van der Waals surface area contributed by atoms with Gasteiger partial charge in [0.15, 0.2) is 0 Å². The molecule has 0 heterocycles. The van der Waals surface area contributed by atoms with Gasteiger partial charge in [-0.15, -0.1) is 0 Å². The van der Waals surface area contributed by atoms with Crippen molar-refractivity contribution in [3.8, 4) is 0 Å². The number of carbonyl (C=O) groups is 1. The molecule has 0 aromatic heterocycles. The Bertz CT molecular complexity index is 376. The minimum Gasteiger partial charge on any atom is -0.480 e. The highest BCUT2D eigenvalue weighted by atomic mass is 16.4. The quantitative estimate of drug-likeness (QED) is 0.790. The van der Waals surface area contributed by atoms with Gasteiger partial charge in [-0.05, 0) is 30.9 Å². The van der Waals surface area contributed by atoms with Crippen LogP contribution in [0.25, 0.3) is 0 Å². The van der Waals surface area contributed by atoms with Crippen LogP contribution in [0.3, 0.4) is 0 Å². The number of hydrogen-bond acceptors (Lipinski definition) is 2. The van der Waals surface area contributed by atoms with E-state index in [0.717, 1.165) is 12.8 Å². The van der Waals surface area contributed by atoms with Gasteiger partial charge in [-0.1, -0.05) is 24.3 Å². The Labute approximate surface area is 89.1 Å². The zero-order valence-electron chi connectivity index (χ0n) is 8.73. The molecule has 1 aliphatic carbocycles. The van der Waals surface area contributed by atoms with Crippen LogP contribution in [0.5, 0.6) is 0 Å². The normalized spacial score (nSPS) is 21.0. The second kappa shape index (κ2) is 4.03. The molecule has 0 bridgehead atoms. The van der Waals surface area contributed by atoms with E-state index in [-0.39, 0.29) is 6.04 Å². The lowest BCUT2D eigenvalue weighted by Gasteiger charge is -2.17. The van der Waals surface area contributed by atoms with Crippen LogP contribution in [0.1, 0.15) is 30.5 Å². The van der Waals surface area contributed by atoms with E-state index in [9.17, 15) is 4.79 Å². The minimum absolute atomic E-state index is 0.201. The van der Waals surface area contributed by atoms with Crippen LogP contribution in [-0.2, 0) is 11.2 Å². The molecule has 2 rings (SSSR count).